The fourth-order valence-electron chi connectivity index (χ4n) is 3.14. The van der Waals surface area contributed by atoms with Crippen LogP contribution in [0, 0.1) is 18.3 Å². The number of nitrogens with zero attached hydrogens (tertiary/aromatic N) is 5. The van der Waals surface area contributed by atoms with Crippen molar-refractivity contribution in [2.24, 2.45) is 0 Å². The highest BCUT2D eigenvalue weighted by molar-refractivity contribution is 8.00. The second-order valence-corrected chi connectivity index (χ2v) is 8.02. The van der Waals surface area contributed by atoms with Crippen LogP contribution in [0.5, 0.6) is 0 Å². The van der Waals surface area contributed by atoms with Crippen molar-refractivity contribution in [1.29, 1.82) is 5.26 Å². The van der Waals surface area contributed by atoms with Gasteiger partial charge in [0.15, 0.2) is 0 Å². The van der Waals surface area contributed by atoms with Gasteiger partial charge in [0.1, 0.15) is 5.54 Å². The number of nitrogens with one attached hydrogen (secondary N) is 1. The third-order valence-electron chi connectivity index (χ3n) is 4.62. The van der Waals surface area contributed by atoms with Gasteiger partial charge >= 0.3 is 0 Å². The molecule has 2 aromatic rings. The van der Waals surface area contributed by atoms with Crippen molar-refractivity contribution < 1.29 is 4.79 Å². The number of carbonyl (C=O) groups is 1. The molecule has 0 aliphatic heterocycles. The first-order valence-electron chi connectivity index (χ1n) is 8.78. The molecule has 1 atom stereocenters. The van der Waals surface area contributed by atoms with Gasteiger partial charge in [0.2, 0.25) is 11.1 Å². The lowest BCUT2D eigenvalue weighted by Crippen LogP contribution is -2.50. The van der Waals surface area contributed by atoms with Crippen LogP contribution in [0.25, 0.3) is 5.69 Å². The smallest absolute Gasteiger partial charge is 0.234 e. The number of carbonyl (C=O) groups excluding carboxylic acids is 1. The van der Waals surface area contributed by atoms with Gasteiger partial charge < -0.3 is 5.32 Å². The van der Waals surface area contributed by atoms with Crippen LogP contribution in [0.4, 0.5) is 0 Å². The highest BCUT2D eigenvalue weighted by Crippen LogP contribution is 2.29. The lowest BCUT2D eigenvalue weighted by molar-refractivity contribution is -0.121. The van der Waals surface area contributed by atoms with Crippen LogP contribution < -0.4 is 5.32 Å². The molecule has 3 rings (SSSR count). The molecule has 1 amide bonds. The summed E-state index contributed by atoms with van der Waals surface area (Å²) in [6, 6.07) is 10.2. The summed E-state index contributed by atoms with van der Waals surface area (Å²) in [5, 5.41) is 24.5. The zero-order valence-corrected chi connectivity index (χ0v) is 15.8. The third kappa shape index (κ3) is 4.05. The van der Waals surface area contributed by atoms with Gasteiger partial charge in [0.25, 0.3) is 0 Å². The second-order valence-electron chi connectivity index (χ2n) is 6.72. The Kier molecular flexibility index (Phi) is 5.57. The first-order chi connectivity index (χ1) is 12.5. The van der Waals surface area contributed by atoms with Crippen molar-refractivity contribution in [3.8, 4) is 11.8 Å². The molecular weight excluding hydrogens is 348 g/mol. The van der Waals surface area contributed by atoms with Crippen LogP contribution in [0.3, 0.4) is 0 Å². The molecule has 136 valence electrons. The van der Waals surface area contributed by atoms with E-state index in [0.717, 1.165) is 30.5 Å². The number of benzene rings is 1. The van der Waals surface area contributed by atoms with E-state index in [2.05, 4.69) is 26.9 Å². The second kappa shape index (κ2) is 7.87. The summed E-state index contributed by atoms with van der Waals surface area (Å²) in [7, 11) is 0. The molecule has 7 nitrogen and oxygen atoms in total. The van der Waals surface area contributed by atoms with Crippen molar-refractivity contribution in [2.45, 2.75) is 61.9 Å². The summed E-state index contributed by atoms with van der Waals surface area (Å²) in [6.07, 6.45) is 4.50. The molecule has 1 aromatic carbocycles. The van der Waals surface area contributed by atoms with E-state index >= 15 is 0 Å². The zero-order chi connectivity index (χ0) is 18.6. The molecule has 1 aliphatic carbocycles. The first kappa shape index (κ1) is 18.4. The molecule has 0 spiro atoms. The Morgan fingerprint density at radius 2 is 2.15 bits per heavy atom. The van der Waals surface area contributed by atoms with Gasteiger partial charge in [0, 0.05) is 0 Å². The summed E-state index contributed by atoms with van der Waals surface area (Å²) in [6.45, 7) is 3.81. The number of hydrogen-bond donors (Lipinski definition) is 1. The number of thioether (sulfide) groups is 1. The largest absolute Gasteiger partial charge is 0.337 e. The molecule has 0 bridgehead atoms. The lowest BCUT2D eigenvalue weighted by Gasteiger charge is -2.32. The highest BCUT2D eigenvalue weighted by atomic mass is 32.2. The molecular formula is C18H22N6OS. The van der Waals surface area contributed by atoms with Crippen molar-refractivity contribution in [3.05, 3.63) is 29.8 Å². The van der Waals surface area contributed by atoms with Crippen molar-refractivity contribution in [3.63, 3.8) is 0 Å². The van der Waals surface area contributed by atoms with E-state index in [-0.39, 0.29) is 5.91 Å². The lowest BCUT2D eigenvalue weighted by atomic mass is 9.83. The maximum absolute atomic E-state index is 12.6. The van der Waals surface area contributed by atoms with Gasteiger partial charge in [-0.3, -0.25) is 4.79 Å². The quantitative estimate of drug-likeness (QED) is 0.813. The number of amides is 1. The molecule has 0 radical (unpaired) electrons. The Morgan fingerprint density at radius 1 is 1.38 bits per heavy atom. The minimum atomic E-state index is -0.730. The van der Waals surface area contributed by atoms with E-state index in [0.29, 0.717) is 18.0 Å². The van der Waals surface area contributed by atoms with Gasteiger partial charge in [-0.15, -0.1) is 5.10 Å². The number of aryl methyl sites for hydroxylation is 1. The van der Waals surface area contributed by atoms with Crippen LogP contribution >= 0.6 is 11.8 Å². The Bertz CT molecular complexity index is 821. The molecule has 0 saturated heterocycles. The summed E-state index contributed by atoms with van der Waals surface area (Å²) in [5.74, 6) is -0.155. The van der Waals surface area contributed by atoms with Gasteiger partial charge in [0.05, 0.1) is 17.0 Å². The standard InChI is InChI=1S/C18H22N6OS/c1-13-7-6-8-15(11-13)24-17(21-22-23-24)26-14(2)16(25)20-18(12-19)9-4-3-5-10-18/h6-8,11,14H,3-5,9-10H2,1-2H3,(H,20,25). The van der Waals surface area contributed by atoms with Gasteiger partial charge in [-0.25, -0.2) is 0 Å². The minimum absolute atomic E-state index is 0.155. The maximum Gasteiger partial charge on any atom is 0.234 e. The number of nitriles is 1. The molecule has 1 aromatic heterocycles. The van der Waals surface area contributed by atoms with Crippen LogP contribution in [-0.4, -0.2) is 36.9 Å². The van der Waals surface area contributed by atoms with E-state index in [1.165, 1.54) is 11.8 Å². The molecule has 1 aliphatic rings. The predicted molar refractivity (Wildman–Crippen MR) is 98.8 cm³/mol. The molecule has 1 unspecified atom stereocenters. The van der Waals surface area contributed by atoms with E-state index < -0.39 is 10.8 Å². The zero-order valence-electron chi connectivity index (χ0n) is 15.0. The topological polar surface area (TPSA) is 96.5 Å². The minimum Gasteiger partial charge on any atom is -0.337 e. The SMILES string of the molecule is Cc1cccc(-n2nnnc2SC(C)C(=O)NC2(C#N)CCCCC2)c1. The van der Waals surface area contributed by atoms with Gasteiger partial charge in [-0.1, -0.05) is 43.2 Å². The number of aromatic nitrogens is 4. The third-order valence-corrected chi connectivity index (χ3v) is 5.66. The number of tetrazole rings is 1. The van der Waals surface area contributed by atoms with E-state index in [1.54, 1.807) is 4.68 Å². The summed E-state index contributed by atoms with van der Waals surface area (Å²) in [4.78, 5) is 12.6. The summed E-state index contributed by atoms with van der Waals surface area (Å²) in [5.41, 5.74) is 1.23. The van der Waals surface area contributed by atoms with Gasteiger partial charge in [-0.2, -0.15) is 9.94 Å². The van der Waals surface area contributed by atoms with Crippen LogP contribution in [0.2, 0.25) is 0 Å². The fraction of sp³-hybridized carbons (Fsp3) is 0.500. The average Bonchev–Trinajstić information content (AvgIpc) is 3.10. The van der Waals surface area contributed by atoms with Crippen LogP contribution in [-0.2, 0) is 4.79 Å². The molecule has 8 heteroatoms. The van der Waals surface area contributed by atoms with Crippen molar-refractivity contribution >= 4 is 17.7 Å². The Labute approximate surface area is 157 Å². The number of hydrogen-bond acceptors (Lipinski definition) is 6. The Hall–Kier alpha value is -2.40. The first-order valence-corrected chi connectivity index (χ1v) is 9.66. The summed E-state index contributed by atoms with van der Waals surface area (Å²) < 4.78 is 1.63. The molecule has 1 fully saturated rings. The average molecular weight is 370 g/mol. The predicted octanol–water partition coefficient (Wildman–Crippen LogP) is 2.79. The number of rotatable bonds is 5. The van der Waals surface area contributed by atoms with Crippen LogP contribution in [0.15, 0.2) is 29.4 Å². The summed E-state index contributed by atoms with van der Waals surface area (Å²) >= 11 is 1.29. The molecule has 1 N–H and O–H groups in total. The normalized spacial score (nSPS) is 17.3. The Morgan fingerprint density at radius 3 is 2.85 bits per heavy atom. The van der Waals surface area contributed by atoms with E-state index in [9.17, 15) is 10.1 Å². The van der Waals surface area contributed by atoms with E-state index in [1.807, 2.05) is 38.1 Å². The molecule has 1 heterocycles. The van der Waals surface area contributed by atoms with Crippen molar-refractivity contribution in [2.75, 3.05) is 0 Å². The maximum atomic E-state index is 12.6. The Balaban J connectivity index is 1.71. The molecule has 26 heavy (non-hydrogen) atoms. The monoisotopic (exact) mass is 370 g/mol. The fourth-order valence-corrected chi connectivity index (χ4v) is 3.95. The molecule has 1 saturated carbocycles. The van der Waals surface area contributed by atoms with Gasteiger partial charge in [-0.05, 0) is 54.8 Å². The van der Waals surface area contributed by atoms with E-state index in [4.69, 9.17) is 0 Å². The highest BCUT2D eigenvalue weighted by Gasteiger charge is 2.35. The van der Waals surface area contributed by atoms with Crippen LogP contribution in [0.1, 0.15) is 44.6 Å². The van der Waals surface area contributed by atoms with Crippen molar-refractivity contribution in [1.82, 2.24) is 25.5 Å².